The van der Waals surface area contributed by atoms with Crippen molar-refractivity contribution in [3.05, 3.63) is 28.7 Å². The molecule has 0 amide bonds. The number of carbonyl (C=O) groups is 1. The molecule has 2 unspecified atom stereocenters. The molecule has 0 bridgehead atoms. The van der Waals surface area contributed by atoms with Gasteiger partial charge in [0.15, 0.2) is 0 Å². The van der Waals surface area contributed by atoms with Crippen LogP contribution in [0.15, 0.2) is 28.7 Å². The van der Waals surface area contributed by atoms with Crippen LogP contribution >= 0.6 is 15.9 Å². The van der Waals surface area contributed by atoms with Gasteiger partial charge in [-0.05, 0) is 37.5 Å². The molecule has 1 N–H and O–H groups in total. The van der Waals surface area contributed by atoms with Crippen LogP contribution in [0.25, 0.3) is 0 Å². The van der Waals surface area contributed by atoms with Crippen LogP contribution in [0.2, 0.25) is 0 Å². The molecule has 1 aliphatic rings. The molecule has 1 aromatic carbocycles. The summed E-state index contributed by atoms with van der Waals surface area (Å²) in [6, 6.07) is 7.53. The molecule has 3 nitrogen and oxygen atoms in total. The third kappa shape index (κ3) is 3.22. The van der Waals surface area contributed by atoms with Crippen molar-refractivity contribution in [2.45, 2.75) is 31.8 Å². The fourth-order valence-corrected chi connectivity index (χ4v) is 2.61. The standard InChI is InChI=1S/C13H15BrO3/c14-9-4-3-5-10(8-9)17-12-7-2-1-6-11(12)13(15)16/h3-5,8,11-12H,1-2,6-7H2,(H,15,16). The van der Waals surface area contributed by atoms with E-state index in [4.69, 9.17) is 9.84 Å². The molecule has 0 spiro atoms. The molecule has 0 aromatic heterocycles. The first kappa shape index (κ1) is 12.4. The molecule has 0 heterocycles. The maximum atomic E-state index is 11.1. The Kier molecular flexibility index (Phi) is 4.05. The van der Waals surface area contributed by atoms with Gasteiger partial charge in [0.1, 0.15) is 11.9 Å². The van der Waals surface area contributed by atoms with Crippen LogP contribution in [-0.4, -0.2) is 17.2 Å². The molecule has 1 aromatic rings. The Balaban J connectivity index is 2.08. The Bertz CT molecular complexity index is 405. The summed E-state index contributed by atoms with van der Waals surface area (Å²) in [5, 5.41) is 9.15. The van der Waals surface area contributed by atoms with E-state index in [-0.39, 0.29) is 12.0 Å². The van der Waals surface area contributed by atoms with Crippen LogP contribution in [0.5, 0.6) is 5.75 Å². The normalized spacial score (nSPS) is 24.3. The second-order valence-corrected chi connectivity index (χ2v) is 5.26. The van der Waals surface area contributed by atoms with Crippen molar-refractivity contribution in [1.29, 1.82) is 0 Å². The Morgan fingerprint density at radius 1 is 1.35 bits per heavy atom. The van der Waals surface area contributed by atoms with Gasteiger partial charge in [-0.3, -0.25) is 4.79 Å². The lowest BCUT2D eigenvalue weighted by atomic mass is 9.86. The number of carboxylic acids is 1. The van der Waals surface area contributed by atoms with E-state index in [9.17, 15) is 4.79 Å². The summed E-state index contributed by atoms with van der Waals surface area (Å²) in [5.41, 5.74) is 0. The van der Waals surface area contributed by atoms with Gasteiger partial charge in [-0.1, -0.05) is 28.4 Å². The van der Waals surface area contributed by atoms with Crippen LogP contribution in [0.4, 0.5) is 0 Å². The highest BCUT2D eigenvalue weighted by molar-refractivity contribution is 9.10. The minimum absolute atomic E-state index is 0.199. The van der Waals surface area contributed by atoms with Crippen molar-refractivity contribution in [2.75, 3.05) is 0 Å². The van der Waals surface area contributed by atoms with Gasteiger partial charge >= 0.3 is 5.97 Å². The first-order valence-corrected chi connectivity index (χ1v) is 6.61. The zero-order valence-corrected chi connectivity index (χ0v) is 11.0. The molecular formula is C13H15BrO3. The van der Waals surface area contributed by atoms with Crippen LogP contribution in [0.1, 0.15) is 25.7 Å². The lowest BCUT2D eigenvalue weighted by Crippen LogP contribution is -2.35. The average molecular weight is 299 g/mol. The Hall–Kier alpha value is -1.03. The summed E-state index contributed by atoms with van der Waals surface area (Å²) in [4.78, 5) is 11.1. The lowest BCUT2D eigenvalue weighted by Gasteiger charge is -2.29. The van der Waals surface area contributed by atoms with Gasteiger partial charge in [0.25, 0.3) is 0 Å². The number of hydrogen-bond donors (Lipinski definition) is 1. The minimum atomic E-state index is -0.746. The van der Waals surface area contributed by atoms with Crippen molar-refractivity contribution in [1.82, 2.24) is 0 Å². The highest BCUT2D eigenvalue weighted by Gasteiger charge is 2.32. The number of rotatable bonds is 3. The first-order valence-electron chi connectivity index (χ1n) is 5.82. The molecule has 4 heteroatoms. The van der Waals surface area contributed by atoms with Gasteiger partial charge in [0.05, 0.1) is 5.92 Å². The summed E-state index contributed by atoms with van der Waals surface area (Å²) in [5.74, 6) is -0.384. The van der Waals surface area contributed by atoms with Crippen molar-refractivity contribution in [3.63, 3.8) is 0 Å². The quantitative estimate of drug-likeness (QED) is 0.929. The number of benzene rings is 1. The minimum Gasteiger partial charge on any atom is -0.489 e. The number of carboxylic acid groups (broad SMARTS) is 1. The third-order valence-electron chi connectivity index (χ3n) is 3.10. The number of ether oxygens (including phenoxy) is 1. The largest absolute Gasteiger partial charge is 0.489 e. The summed E-state index contributed by atoms with van der Waals surface area (Å²) < 4.78 is 6.74. The summed E-state index contributed by atoms with van der Waals surface area (Å²) in [7, 11) is 0. The molecule has 92 valence electrons. The van der Waals surface area contributed by atoms with E-state index in [1.165, 1.54) is 0 Å². The van der Waals surface area contributed by atoms with E-state index in [0.29, 0.717) is 6.42 Å². The van der Waals surface area contributed by atoms with E-state index in [2.05, 4.69) is 15.9 Å². The molecule has 1 aliphatic carbocycles. The SMILES string of the molecule is O=C(O)C1CCCCC1Oc1cccc(Br)c1. The summed E-state index contributed by atoms with van der Waals surface area (Å²) >= 11 is 3.37. The number of hydrogen-bond acceptors (Lipinski definition) is 2. The van der Waals surface area contributed by atoms with E-state index in [1.54, 1.807) is 0 Å². The zero-order chi connectivity index (χ0) is 12.3. The second kappa shape index (κ2) is 5.54. The predicted molar refractivity (Wildman–Crippen MR) is 68.2 cm³/mol. The smallest absolute Gasteiger partial charge is 0.310 e. The molecule has 0 saturated heterocycles. The van der Waals surface area contributed by atoms with Crippen molar-refractivity contribution >= 4 is 21.9 Å². The lowest BCUT2D eigenvalue weighted by molar-refractivity contribution is -0.146. The molecule has 1 saturated carbocycles. The van der Waals surface area contributed by atoms with Gasteiger partial charge < -0.3 is 9.84 Å². The average Bonchev–Trinajstić information content (AvgIpc) is 2.29. The molecule has 1 fully saturated rings. The fraction of sp³-hybridized carbons (Fsp3) is 0.462. The maximum absolute atomic E-state index is 11.1. The highest BCUT2D eigenvalue weighted by Crippen LogP contribution is 2.29. The van der Waals surface area contributed by atoms with E-state index in [1.807, 2.05) is 24.3 Å². The van der Waals surface area contributed by atoms with Gasteiger partial charge in [-0.2, -0.15) is 0 Å². The Labute approximate surface area is 109 Å². The van der Waals surface area contributed by atoms with Crippen molar-refractivity contribution in [2.24, 2.45) is 5.92 Å². The van der Waals surface area contributed by atoms with Crippen LogP contribution in [-0.2, 0) is 4.79 Å². The van der Waals surface area contributed by atoms with Gasteiger partial charge in [-0.15, -0.1) is 0 Å². The van der Waals surface area contributed by atoms with Crippen molar-refractivity contribution < 1.29 is 14.6 Å². The Morgan fingerprint density at radius 3 is 2.82 bits per heavy atom. The Morgan fingerprint density at radius 2 is 2.12 bits per heavy atom. The molecular weight excluding hydrogens is 284 g/mol. The first-order chi connectivity index (χ1) is 8.16. The number of halogens is 1. The molecule has 0 aliphatic heterocycles. The van der Waals surface area contributed by atoms with E-state index in [0.717, 1.165) is 29.5 Å². The molecule has 0 radical (unpaired) electrons. The van der Waals surface area contributed by atoms with E-state index < -0.39 is 5.97 Å². The topological polar surface area (TPSA) is 46.5 Å². The third-order valence-corrected chi connectivity index (χ3v) is 3.60. The monoisotopic (exact) mass is 298 g/mol. The van der Waals surface area contributed by atoms with Crippen LogP contribution in [0.3, 0.4) is 0 Å². The van der Waals surface area contributed by atoms with Crippen LogP contribution < -0.4 is 4.74 Å². The van der Waals surface area contributed by atoms with Gasteiger partial charge in [0, 0.05) is 4.47 Å². The molecule has 2 rings (SSSR count). The van der Waals surface area contributed by atoms with Crippen molar-refractivity contribution in [3.8, 4) is 5.75 Å². The number of aliphatic carboxylic acids is 1. The van der Waals surface area contributed by atoms with E-state index >= 15 is 0 Å². The van der Waals surface area contributed by atoms with Gasteiger partial charge in [-0.25, -0.2) is 0 Å². The highest BCUT2D eigenvalue weighted by atomic mass is 79.9. The molecule has 2 atom stereocenters. The maximum Gasteiger partial charge on any atom is 0.310 e. The van der Waals surface area contributed by atoms with Gasteiger partial charge in [0.2, 0.25) is 0 Å². The molecule has 17 heavy (non-hydrogen) atoms. The fourth-order valence-electron chi connectivity index (χ4n) is 2.24. The predicted octanol–water partition coefficient (Wildman–Crippen LogP) is 3.47. The second-order valence-electron chi connectivity index (χ2n) is 4.34. The summed E-state index contributed by atoms with van der Waals surface area (Å²) in [6.07, 6.45) is 3.37. The van der Waals surface area contributed by atoms with Crippen LogP contribution in [0, 0.1) is 5.92 Å². The summed E-state index contributed by atoms with van der Waals surface area (Å²) in [6.45, 7) is 0. The zero-order valence-electron chi connectivity index (χ0n) is 9.43.